The molecule has 4 aromatic heterocycles. The molecule has 0 spiro atoms. The maximum absolute atomic E-state index is 6.61. The summed E-state index contributed by atoms with van der Waals surface area (Å²) in [5.74, 6) is 1.36. The predicted octanol–water partition coefficient (Wildman–Crippen LogP) is 11.9. The highest BCUT2D eigenvalue weighted by Gasteiger charge is 2.23. The summed E-state index contributed by atoms with van der Waals surface area (Å²) in [6.07, 6.45) is 0. The summed E-state index contributed by atoms with van der Waals surface area (Å²) in [6.45, 7) is 0. The van der Waals surface area contributed by atoms with Crippen molar-refractivity contribution in [2.75, 3.05) is 0 Å². The lowest BCUT2D eigenvalue weighted by atomic mass is 9.97. The standard InChI is InChI=1S/C44H26N4OS/c1-4-14-27(15-5-1)33-26-34(46-43(45-33)28-16-6-2-7-17-28)30-21-12-23-35-38(30)39-32(22-13-24-36(39)49-35)41-42-40(31-20-10-11-25-37(31)50-42)47-44(48-41)29-18-8-3-9-19-29/h1-26H. The molecule has 0 saturated carbocycles. The van der Waals surface area contributed by atoms with Gasteiger partial charge in [0.25, 0.3) is 0 Å². The summed E-state index contributed by atoms with van der Waals surface area (Å²) < 4.78 is 8.83. The lowest BCUT2D eigenvalue weighted by Gasteiger charge is -2.11. The molecule has 6 heteroatoms. The van der Waals surface area contributed by atoms with Crippen molar-refractivity contribution < 1.29 is 4.42 Å². The molecule has 234 valence electrons. The molecule has 0 saturated heterocycles. The molecule has 0 atom stereocenters. The Morgan fingerprint density at radius 3 is 1.70 bits per heavy atom. The van der Waals surface area contributed by atoms with E-state index >= 15 is 0 Å². The molecular weight excluding hydrogens is 633 g/mol. The second-order valence-corrected chi connectivity index (χ2v) is 13.2. The fraction of sp³-hybridized carbons (Fsp3) is 0. The van der Waals surface area contributed by atoms with Gasteiger partial charge in [0.05, 0.1) is 27.3 Å². The Hall–Kier alpha value is -6.50. The van der Waals surface area contributed by atoms with Crippen LogP contribution in [0.25, 0.3) is 98.8 Å². The number of fused-ring (bicyclic) bond motifs is 6. The fourth-order valence-corrected chi connectivity index (χ4v) is 7.97. The predicted molar refractivity (Wildman–Crippen MR) is 205 cm³/mol. The Balaban J connectivity index is 1.28. The van der Waals surface area contributed by atoms with Crippen molar-refractivity contribution in [3.05, 3.63) is 158 Å². The van der Waals surface area contributed by atoms with Gasteiger partial charge >= 0.3 is 0 Å². The Kier molecular flexibility index (Phi) is 6.60. The third kappa shape index (κ3) is 4.69. The van der Waals surface area contributed by atoms with Crippen molar-refractivity contribution in [3.8, 4) is 56.5 Å². The average Bonchev–Trinajstić information content (AvgIpc) is 3.77. The van der Waals surface area contributed by atoms with E-state index in [9.17, 15) is 0 Å². The maximum atomic E-state index is 6.61. The first-order valence-electron chi connectivity index (χ1n) is 16.5. The van der Waals surface area contributed by atoms with Crippen LogP contribution in [0.5, 0.6) is 0 Å². The van der Waals surface area contributed by atoms with E-state index in [0.717, 1.165) is 82.4 Å². The lowest BCUT2D eigenvalue weighted by molar-refractivity contribution is 0.669. The minimum absolute atomic E-state index is 0.669. The van der Waals surface area contributed by atoms with Gasteiger partial charge in [0.15, 0.2) is 11.6 Å². The SMILES string of the molecule is c1ccc(-c2cc(-c3cccc4oc5cccc(-c6nc(-c7ccccc7)nc7c6sc6ccccc67)c5c34)nc(-c3ccccc3)n2)cc1. The monoisotopic (exact) mass is 658 g/mol. The topological polar surface area (TPSA) is 64.7 Å². The summed E-state index contributed by atoms with van der Waals surface area (Å²) >= 11 is 1.73. The quantitative estimate of drug-likeness (QED) is 0.184. The molecule has 6 aromatic carbocycles. The van der Waals surface area contributed by atoms with Gasteiger partial charge in [-0.05, 0) is 24.3 Å². The number of rotatable bonds is 5. The molecule has 10 aromatic rings. The summed E-state index contributed by atoms with van der Waals surface area (Å²) in [6, 6.07) is 53.6. The van der Waals surface area contributed by atoms with Gasteiger partial charge in [-0.3, -0.25) is 0 Å². The van der Waals surface area contributed by atoms with Crippen LogP contribution in [0.1, 0.15) is 0 Å². The highest BCUT2D eigenvalue weighted by molar-refractivity contribution is 7.26. The molecule has 0 aliphatic carbocycles. The van der Waals surface area contributed by atoms with E-state index in [1.54, 1.807) is 11.3 Å². The highest BCUT2D eigenvalue weighted by atomic mass is 32.1. The fourth-order valence-electron chi connectivity index (χ4n) is 6.83. The van der Waals surface area contributed by atoms with Gasteiger partial charge in [0.1, 0.15) is 11.2 Å². The van der Waals surface area contributed by atoms with Crippen LogP contribution in [0.4, 0.5) is 0 Å². The van der Waals surface area contributed by atoms with E-state index in [2.05, 4.69) is 84.9 Å². The number of furan rings is 1. The van der Waals surface area contributed by atoms with Crippen LogP contribution < -0.4 is 0 Å². The number of nitrogens with zero attached hydrogens (tertiary/aromatic N) is 4. The van der Waals surface area contributed by atoms with E-state index in [1.165, 1.54) is 4.70 Å². The zero-order chi connectivity index (χ0) is 33.0. The molecule has 0 aliphatic heterocycles. The van der Waals surface area contributed by atoms with Gasteiger partial charge in [-0.1, -0.05) is 133 Å². The summed E-state index contributed by atoms with van der Waals surface area (Å²) in [5, 5.41) is 3.11. The van der Waals surface area contributed by atoms with Crippen molar-refractivity contribution >= 4 is 53.6 Å². The van der Waals surface area contributed by atoms with Gasteiger partial charge in [-0.2, -0.15) is 0 Å². The van der Waals surface area contributed by atoms with E-state index in [4.69, 9.17) is 24.4 Å². The minimum atomic E-state index is 0.669. The zero-order valence-corrected chi connectivity index (χ0v) is 27.4. The van der Waals surface area contributed by atoms with Gasteiger partial charge in [0, 0.05) is 48.7 Å². The number of hydrogen-bond donors (Lipinski definition) is 0. The molecule has 0 aliphatic rings. The van der Waals surface area contributed by atoms with Crippen molar-refractivity contribution in [1.29, 1.82) is 0 Å². The van der Waals surface area contributed by atoms with E-state index in [1.807, 2.05) is 72.8 Å². The Bertz CT molecular complexity index is 2810. The van der Waals surface area contributed by atoms with Gasteiger partial charge < -0.3 is 4.42 Å². The highest BCUT2D eigenvalue weighted by Crippen LogP contribution is 2.45. The van der Waals surface area contributed by atoms with E-state index in [0.29, 0.717) is 11.6 Å². The normalized spacial score (nSPS) is 11.6. The number of aromatic nitrogens is 4. The van der Waals surface area contributed by atoms with Gasteiger partial charge in [-0.15, -0.1) is 11.3 Å². The Morgan fingerprint density at radius 2 is 1.00 bits per heavy atom. The third-order valence-corrected chi connectivity index (χ3v) is 10.3. The maximum Gasteiger partial charge on any atom is 0.160 e. The van der Waals surface area contributed by atoms with Crippen LogP contribution in [0.3, 0.4) is 0 Å². The molecule has 50 heavy (non-hydrogen) atoms. The van der Waals surface area contributed by atoms with Crippen molar-refractivity contribution in [1.82, 2.24) is 19.9 Å². The summed E-state index contributed by atoms with van der Waals surface area (Å²) in [4.78, 5) is 20.7. The van der Waals surface area contributed by atoms with Crippen LogP contribution in [-0.2, 0) is 0 Å². The van der Waals surface area contributed by atoms with E-state index < -0.39 is 0 Å². The van der Waals surface area contributed by atoms with Crippen LogP contribution in [0.2, 0.25) is 0 Å². The minimum Gasteiger partial charge on any atom is -0.456 e. The second kappa shape index (κ2) is 11.6. The molecule has 10 rings (SSSR count). The second-order valence-electron chi connectivity index (χ2n) is 12.2. The first kappa shape index (κ1) is 28.5. The molecule has 4 heterocycles. The number of hydrogen-bond acceptors (Lipinski definition) is 6. The molecule has 0 unspecified atom stereocenters. The summed E-state index contributed by atoms with van der Waals surface area (Å²) in [7, 11) is 0. The third-order valence-electron chi connectivity index (χ3n) is 9.13. The molecule has 0 bridgehead atoms. The Labute approximate surface area is 291 Å². The van der Waals surface area contributed by atoms with Crippen molar-refractivity contribution in [2.24, 2.45) is 0 Å². The first-order chi connectivity index (χ1) is 24.8. The molecular formula is C44H26N4OS. The van der Waals surface area contributed by atoms with Crippen molar-refractivity contribution in [3.63, 3.8) is 0 Å². The first-order valence-corrected chi connectivity index (χ1v) is 17.3. The van der Waals surface area contributed by atoms with Crippen LogP contribution in [0.15, 0.2) is 162 Å². The molecule has 0 amide bonds. The van der Waals surface area contributed by atoms with Gasteiger partial charge in [-0.25, -0.2) is 19.9 Å². The Morgan fingerprint density at radius 1 is 0.440 bits per heavy atom. The lowest BCUT2D eigenvalue weighted by Crippen LogP contribution is -1.96. The molecule has 0 N–H and O–H groups in total. The molecule has 0 radical (unpaired) electrons. The van der Waals surface area contributed by atoms with Crippen LogP contribution in [-0.4, -0.2) is 19.9 Å². The summed E-state index contributed by atoms with van der Waals surface area (Å²) in [5.41, 5.74) is 10.0. The van der Waals surface area contributed by atoms with Gasteiger partial charge in [0.2, 0.25) is 0 Å². The smallest absolute Gasteiger partial charge is 0.160 e. The van der Waals surface area contributed by atoms with E-state index in [-0.39, 0.29) is 0 Å². The number of benzene rings is 6. The van der Waals surface area contributed by atoms with Crippen LogP contribution in [0, 0.1) is 0 Å². The number of thiophene rings is 1. The average molecular weight is 659 g/mol. The van der Waals surface area contributed by atoms with Crippen molar-refractivity contribution in [2.45, 2.75) is 0 Å². The molecule has 5 nitrogen and oxygen atoms in total. The van der Waals surface area contributed by atoms with Crippen LogP contribution >= 0.6 is 11.3 Å². The molecule has 0 fully saturated rings. The largest absolute Gasteiger partial charge is 0.456 e. The zero-order valence-electron chi connectivity index (χ0n) is 26.6.